The Hall–Kier alpha value is -1.33. The first-order valence-corrected chi connectivity index (χ1v) is 7.28. The van der Waals surface area contributed by atoms with Gasteiger partial charge in [-0.25, -0.2) is 0 Å². The highest BCUT2D eigenvalue weighted by atomic mass is 16.7. The number of benzene rings is 1. The highest BCUT2D eigenvalue weighted by Crippen LogP contribution is 2.38. The molecular weight excluding hydrogens is 267 g/mol. The Labute approximate surface area is 126 Å². The molecule has 21 heavy (non-hydrogen) atoms. The number of hydrogen-bond acceptors (Lipinski definition) is 4. The monoisotopic (exact) mass is 290 g/mol. The highest BCUT2D eigenvalue weighted by Gasteiger charge is 2.50. The van der Waals surface area contributed by atoms with Crippen molar-refractivity contribution in [2.45, 2.75) is 51.6 Å². The summed E-state index contributed by atoms with van der Waals surface area (Å²) in [5.41, 5.74) is -0.00547. The number of carbonyl (C=O) groups is 1. The van der Waals surface area contributed by atoms with E-state index < -0.39 is 0 Å². The van der Waals surface area contributed by atoms with E-state index in [4.69, 9.17) is 14.0 Å². The summed E-state index contributed by atoms with van der Waals surface area (Å²) in [5, 5.41) is 0. The van der Waals surface area contributed by atoms with Gasteiger partial charge in [-0.1, -0.05) is 0 Å². The van der Waals surface area contributed by atoms with Crippen molar-refractivity contribution in [3.05, 3.63) is 29.8 Å². The molecule has 1 saturated heterocycles. The minimum Gasteiger partial charge on any atom is -0.497 e. The molecule has 2 rings (SSSR count). The molecule has 0 N–H and O–H groups in total. The van der Waals surface area contributed by atoms with Crippen LogP contribution in [0.5, 0.6) is 5.75 Å². The first kappa shape index (κ1) is 16.1. The summed E-state index contributed by atoms with van der Waals surface area (Å²) in [5.74, 6) is 0.838. The lowest BCUT2D eigenvalue weighted by molar-refractivity contribution is 0.00578. The van der Waals surface area contributed by atoms with E-state index in [-0.39, 0.29) is 24.1 Å². The Bertz CT molecular complexity index is 492. The summed E-state index contributed by atoms with van der Waals surface area (Å²) in [6, 6.07) is 7.15. The summed E-state index contributed by atoms with van der Waals surface area (Å²) in [4.78, 5) is 12.2. The Morgan fingerprint density at radius 2 is 1.62 bits per heavy atom. The second-order valence-corrected chi connectivity index (χ2v) is 6.38. The molecule has 1 aliphatic rings. The van der Waals surface area contributed by atoms with E-state index >= 15 is 0 Å². The van der Waals surface area contributed by atoms with Crippen LogP contribution in [0.4, 0.5) is 0 Å². The van der Waals surface area contributed by atoms with Gasteiger partial charge in [0.1, 0.15) is 5.75 Å². The third-order valence-corrected chi connectivity index (χ3v) is 4.32. The average Bonchev–Trinajstić information content (AvgIpc) is 2.64. The van der Waals surface area contributed by atoms with Gasteiger partial charge in [0.15, 0.2) is 5.78 Å². The molecule has 1 aliphatic heterocycles. The Kier molecular flexibility index (Phi) is 4.44. The van der Waals surface area contributed by atoms with Crippen LogP contribution in [0.2, 0.25) is 6.32 Å². The minimum absolute atomic E-state index is 0.0902. The van der Waals surface area contributed by atoms with Gasteiger partial charge in [0, 0.05) is 12.0 Å². The lowest BCUT2D eigenvalue weighted by atomic mass is 9.81. The van der Waals surface area contributed by atoms with Gasteiger partial charge in [-0.15, -0.1) is 0 Å². The van der Waals surface area contributed by atoms with Gasteiger partial charge in [-0.05, 0) is 58.3 Å². The summed E-state index contributed by atoms with van der Waals surface area (Å²) in [6.07, 6.45) is 0.973. The fourth-order valence-electron chi connectivity index (χ4n) is 2.25. The number of hydrogen-bond donors (Lipinski definition) is 0. The van der Waals surface area contributed by atoms with Crippen LogP contribution in [-0.4, -0.2) is 31.2 Å². The standard InChI is InChI=1S/C16H23BO4/c1-15(2)16(3,4)21-17(20-15)11-10-14(18)12-6-8-13(19-5)9-7-12/h6-9H,10-11H2,1-5H3. The van der Waals surface area contributed by atoms with Gasteiger partial charge in [-0.2, -0.15) is 0 Å². The molecule has 4 nitrogen and oxygen atoms in total. The van der Waals surface area contributed by atoms with Crippen LogP contribution in [0.15, 0.2) is 24.3 Å². The van der Waals surface area contributed by atoms with E-state index in [2.05, 4.69) is 0 Å². The van der Waals surface area contributed by atoms with Crippen LogP contribution in [0.1, 0.15) is 44.5 Å². The van der Waals surface area contributed by atoms with Gasteiger partial charge in [0.2, 0.25) is 0 Å². The first-order chi connectivity index (χ1) is 9.75. The molecule has 0 aromatic heterocycles. The SMILES string of the molecule is COc1ccc(C(=O)CCB2OC(C)(C)C(C)(C)O2)cc1. The third kappa shape index (κ3) is 3.47. The van der Waals surface area contributed by atoms with E-state index in [1.165, 1.54) is 0 Å². The number of rotatable bonds is 5. The Morgan fingerprint density at radius 3 is 2.10 bits per heavy atom. The van der Waals surface area contributed by atoms with Crippen LogP contribution in [0, 0.1) is 0 Å². The number of carbonyl (C=O) groups excluding carboxylic acids is 1. The van der Waals surface area contributed by atoms with Crippen LogP contribution in [0.3, 0.4) is 0 Å². The molecule has 114 valence electrons. The number of ketones is 1. The van der Waals surface area contributed by atoms with Crippen LogP contribution >= 0.6 is 0 Å². The molecule has 5 heteroatoms. The van der Waals surface area contributed by atoms with Crippen molar-refractivity contribution in [2.75, 3.05) is 7.11 Å². The van der Waals surface area contributed by atoms with E-state index in [1.54, 1.807) is 31.4 Å². The second kappa shape index (κ2) is 5.81. The van der Waals surface area contributed by atoms with Gasteiger partial charge in [0.05, 0.1) is 18.3 Å². The zero-order valence-corrected chi connectivity index (χ0v) is 13.4. The number of Topliss-reactive ketones (excluding diaryl/α,β-unsaturated/α-hetero) is 1. The quantitative estimate of drug-likeness (QED) is 0.616. The third-order valence-electron chi connectivity index (χ3n) is 4.32. The van der Waals surface area contributed by atoms with Crippen LogP contribution < -0.4 is 4.74 Å². The zero-order chi connectivity index (χ0) is 15.7. The molecule has 0 radical (unpaired) electrons. The second-order valence-electron chi connectivity index (χ2n) is 6.38. The first-order valence-electron chi connectivity index (χ1n) is 7.28. The molecule has 0 bridgehead atoms. The zero-order valence-electron chi connectivity index (χ0n) is 13.4. The van der Waals surface area contributed by atoms with E-state index in [0.717, 1.165) is 5.75 Å². The van der Waals surface area contributed by atoms with E-state index in [1.807, 2.05) is 27.7 Å². The van der Waals surface area contributed by atoms with Crippen molar-refractivity contribution in [3.63, 3.8) is 0 Å². The molecule has 0 spiro atoms. The summed E-state index contributed by atoms with van der Waals surface area (Å²) in [7, 11) is 1.28. The van der Waals surface area contributed by atoms with Gasteiger partial charge < -0.3 is 14.0 Å². The maximum atomic E-state index is 12.2. The lowest BCUT2D eigenvalue weighted by Crippen LogP contribution is -2.41. The molecule has 0 unspecified atom stereocenters. The molecule has 1 fully saturated rings. The van der Waals surface area contributed by atoms with E-state index in [9.17, 15) is 4.79 Å². The van der Waals surface area contributed by atoms with Gasteiger partial charge in [0.25, 0.3) is 0 Å². The number of ether oxygens (including phenoxy) is 1. The predicted molar refractivity (Wildman–Crippen MR) is 82.8 cm³/mol. The van der Waals surface area contributed by atoms with Gasteiger partial charge >= 0.3 is 7.12 Å². The maximum Gasteiger partial charge on any atom is 0.458 e. The van der Waals surface area contributed by atoms with Crippen LogP contribution in [0.25, 0.3) is 0 Å². The Balaban J connectivity index is 1.90. The molecule has 0 amide bonds. The molecular formula is C16H23BO4. The largest absolute Gasteiger partial charge is 0.497 e. The fraction of sp³-hybridized carbons (Fsp3) is 0.562. The minimum atomic E-state index is -0.346. The van der Waals surface area contributed by atoms with Crippen molar-refractivity contribution < 1.29 is 18.8 Å². The van der Waals surface area contributed by atoms with Gasteiger partial charge in [-0.3, -0.25) is 4.79 Å². The predicted octanol–water partition coefficient (Wildman–Crippen LogP) is 3.36. The molecule has 0 saturated carbocycles. The molecule has 1 aromatic rings. The fourth-order valence-corrected chi connectivity index (χ4v) is 2.25. The maximum absolute atomic E-state index is 12.2. The topological polar surface area (TPSA) is 44.8 Å². The summed E-state index contributed by atoms with van der Waals surface area (Å²) in [6.45, 7) is 8.05. The molecule has 0 aliphatic carbocycles. The lowest BCUT2D eigenvalue weighted by Gasteiger charge is -2.32. The molecule has 0 atom stereocenters. The normalized spacial score (nSPS) is 19.6. The summed E-state index contributed by atoms with van der Waals surface area (Å²) >= 11 is 0. The van der Waals surface area contributed by atoms with Crippen LogP contribution in [-0.2, 0) is 9.31 Å². The van der Waals surface area contributed by atoms with Crippen molar-refractivity contribution in [2.24, 2.45) is 0 Å². The average molecular weight is 290 g/mol. The number of methoxy groups -OCH3 is 1. The molecule has 1 heterocycles. The smallest absolute Gasteiger partial charge is 0.458 e. The van der Waals surface area contributed by atoms with Crippen molar-refractivity contribution in [3.8, 4) is 5.75 Å². The summed E-state index contributed by atoms with van der Waals surface area (Å²) < 4.78 is 16.9. The Morgan fingerprint density at radius 1 is 1.10 bits per heavy atom. The van der Waals surface area contributed by atoms with Crippen molar-refractivity contribution in [1.29, 1.82) is 0 Å². The van der Waals surface area contributed by atoms with E-state index in [0.29, 0.717) is 18.3 Å². The molecule has 1 aromatic carbocycles. The highest BCUT2D eigenvalue weighted by molar-refractivity contribution is 6.46. The van der Waals surface area contributed by atoms with Crippen molar-refractivity contribution in [1.82, 2.24) is 0 Å². The van der Waals surface area contributed by atoms with Crippen molar-refractivity contribution >= 4 is 12.9 Å².